The highest BCUT2D eigenvalue weighted by atomic mass is 32.2. The van der Waals surface area contributed by atoms with Crippen LogP contribution in [-0.4, -0.2) is 61.6 Å². The van der Waals surface area contributed by atoms with Crippen molar-refractivity contribution in [3.05, 3.63) is 11.1 Å². The van der Waals surface area contributed by atoms with Gasteiger partial charge in [0.05, 0.1) is 10.5 Å². The molecule has 0 aliphatic carbocycles. The summed E-state index contributed by atoms with van der Waals surface area (Å²) >= 11 is 0. The van der Waals surface area contributed by atoms with Gasteiger partial charge in [0.2, 0.25) is 20.0 Å². The monoisotopic (exact) mass is 442 g/mol. The Labute approximate surface area is 166 Å². The van der Waals surface area contributed by atoms with Gasteiger partial charge in [-0.25, -0.2) is 35.9 Å². The zero-order valence-corrected chi connectivity index (χ0v) is 18.5. The molecule has 0 aliphatic heterocycles. The van der Waals surface area contributed by atoms with Crippen LogP contribution in [0.2, 0.25) is 0 Å². The first-order valence-electron chi connectivity index (χ1n) is 8.72. The highest BCUT2D eigenvalue weighted by Gasteiger charge is 2.27. The summed E-state index contributed by atoms with van der Waals surface area (Å²) in [6, 6.07) is -1.73. The van der Waals surface area contributed by atoms with Crippen molar-refractivity contribution >= 4 is 32.0 Å². The molecule has 0 fully saturated rings. The van der Waals surface area contributed by atoms with Crippen LogP contribution >= 0.6 is 0 Å². The summed E-state index contributed by atoms with van der Waals surface area (Å²) in [4.78, 5) is 23.2. The van der Waals surface area contributed by atoms with E-state index >= 15 is 0 Å². The fraction of sp³-hybridized carbons (Fsp3) is 0.750. The lowest BCUT2D eigenvalue weighted by Gasteiger charge is -2.20. The molecule has 2 atom stereocenters. The molecule has 4 N–H and O–H groups in total. The van der Waals surface area contributed by atoms with E-state index in [0.717, 1.165) is 0 Å². The Morgan fingerprint density at radius 1 is 0.679 bits per heavy atom. The lowest BCUT2D eigenvalue weighted by molar-refractivity contribution is -0.136. The standard InChI is InChI=1S/C16H30N2O8S2/c1-9(2)27(23,24)17-11(5)7-13(15(19)20)14(16(21)22)8-12(6)18-28(25,26)10(3)4/h9-12,17-18H,7-8H2,1-6H3,(H,19,20)(H,21,22)/t11-,12-/m1/s1. The number of aliphatic carboxylic acids is 2. The molecule has 0 spiro atoms. The number of carboxylic acid groups (broad SMARTS) is 2. The molecule has 0 heterocycles. The minimum absolute atomic E-state index is 0.368. The molecule has 0 radical (unpaired) electrons. The second-order valence-corrected chi connectivity index (χ2v) is 11.7. The summed E-state index contributed by atoms with van der Waals surface area (Å²) in [5, 5.41) is 17.4. The van der Waals surface area contributed by atoms with Gasteiger partial charge in [-0.3, -0.25) is 0 Å². The molecule has 0 aromatic rings. The quantitative estimate of drug-likeness (QED) is 0.320. The van der Waals surface area contributed by atoms with Gasteiger partial charge in [-0.1, -0.05) is 0 Å². The number of nitrogens with one attached hydrogen (secondary N) is 2. The predicted molar refractivity (Wildman–Crippen MR) is 105 cm³/mol. The third kappa shape index (κ3) is 8.25. The minimum atomic E-state index is -3.68. The van der Waals surface area contributed by atoms with Crippen molar-refractivity contribution in [1.82, 2.24) is 9.44 Å². The normalized spacial score (nSPS) is 16.0. The second kappa shape index (κ2) is 10.3. The number of hydrogen-bond acceptors (Lipinski definition) is 6. The van der Waals surface area contributed by atoms with Crippen LogP contribution in [0.1, 0.15) is 54.4 Å². The van der Waals surface area contributed by atoms with Gasteiger partial charge in [-0.2, -0.15) is 0 Å². The predicted octanol–water partition coefficient (Wildman–Crippen LogP) is 0.665. The Balaban J connectivity index is 5.71. The summed E-state index contributed by atoms with van der Waals surface area (Å²) in [6.45, 7) is 8.66. The Hall–Kier alpha value is -1.50. The fourth-order valence-corrected chi connectivity index (χ4v) is 4.04. The van der Waals surface area contributed by atoms with Crippen LogP contribution in [0, 0.1) is 0 Å². The SMILES string of the molecule is CC(C)S(=O)(=O)N[C@H](C)CC(C(=O)O)=C(C[C@@H](C)NS(=O)(=O)C(C)C)C(=O)O. The maximum absolute atomic E-state index is 11.9. The Morgan fingerprint density at radius 3 is 1.11 bits per heavy atom. The number of carbonyl (C=O) groups is 2. The third-order valence-electron chi connectivity index (χ3n) is 3.87. The Morgan fingerprint density at radius 2 is 0.929 bits per heavy atom. The van der Waals surface area contributed by atoms with E-state index in [0.29, 0.717) is 0 Å². The Kier molecular flexibility index (Phi) is 9.77. The molecule has 164 valence electrons. The molecular formula is C16H30N2O8S2. The van der Waals surface area contributed by atoms with Gasteiger partial charge >= 0.3 is 11.9 Å². The summed E-state index contributed by atoms with van der Waals surface area (Å²) in [5.41, 5.74) is -0.968. The van der Waals surface area contributed by atoms with E-state index in [9.17, 15) is 36.6 Å². The summed E-state index contributed by atoms with van der Waals surface area (Å²) < 4.78 is 52.3. The molecular weight excluding hydrogens is 412 g/mol. The van der Waals surface area contributed by atoms with Crippen LogP contribution in [0.4, 0.5) is 0 Å². The first-order valence-corrected chi connectivity index (χ1v) is 11.8. The van der Waals surface area contributed by atoms with Crippen LogP contribution < -0.4 is 9.44 Å². The van der Waals surface area contributed by atoms with Crippen molar-refractivity contribution in [3.8, 4) is 0 Å². The molecule has 0 aliphatic rings. The molecule has 0 rings (SSSR count). The molecule has 0 saturated carbocycles. The van der Waals surface area contributed by atoms with Crippen LogP contribution in [0.25, 0.3) is 0 Å². The van der Waals surface area contributed by atoms with Gasteiger partial charge in [0.15, 0.2) is 0 Å². The summed E-state index contributed by atoms with van der Waals surface area (Å²) in [7, 11) is -7.35. The molecule has 12 heteroatoms. The first-order chi connectivity index (χ1) is 12.5. The number of hydrogen-bond donors (Lipinski definition) is 4. The molecule has 0 aromatic carbocycles. The van der Waals surface area contributed by atoms with Crippen molar-refractivity contribution in [1.29, 1.82) is 0 Å². The Bertz CT molecular complexity index is 746. The molecule has 0 bridgehead atoms. The van der Waals surface area contributed by atoms with Crippen LogP contribution in [0.3, 0.4) is 0 Å². The van der Waals surface area contributed by atoms with Crippen LogP contribution in [0.5, 0.6) is 0 Å². The van der Waals surface area contributed by atoms with Crippen LogP contribution in [-0.2, 0) is 29.6 Å². The average Bonchev–Trinajstić information content (AvgIpc) is 2.48. The minimum Gasteiger partial charge on any atom is -0.478 e. The van der Waals surface area contributed by atoms with E-state index in [1.807, 2.05) is 0 Å². The molecule has 28 heavy (non-hydrogen) atoms. The highest BCUT2D eigenvalue weighted by Crippen LogP contribution is 2.19. The van der Waals surface area contributed by atoms with Crippen LogP contribution in [0.15, 0.2) is 11.1 Å². The van der Waals surface area contributed by atoms with Crippen molar-refractivity contribution in [2.45, 2.75) is 77.0 Å². The first kappa shape index (κ1) is 26.5. The summed E-state index contributed by atoms with van der Waals surface area (Å²) in [5.74, 6) is -3.01. The van der Waals surface area contributed by atoms with Gasteiger partial charge in [0.1, 0.15) is 0 Å². The molecule has 0 unspecified atom stereocenters. The van der Waals surface area contributed by atoms with E-state index < -0.39 is 65.7 Å². The maximum Gasteiger partial charge on any atom is 0.332 e. The van der Waals surface area contributed by atoms with E-state index in [2.05, 4.69) is 9.44 Å². The maximum atomic E-state index is 11.9. The van der Waals surface area contributed by atoms with Crippen molar-refractivity contribution in [2.24, 2.45) is 0 Å². The van der Waals surface area contributed by atoms with Gasteiger partial charge in [0, 0.05) is 23.2 Å². The highest BCUT2D eigenvalue weighted by molar-refractivity contribution is 7.90. The molecule has 0 saturated heterocycles. The topological polar surface area (TPSA) is 167 Å². The van der Waals surface area contributed by atoms with Gasteiger partial charge in [-0.15, -0.1) is 0 Å². The van der Waals surface area contributed by atoms with E-state index in [4.69, 9.17) is 0 Å². The molecule has 0 amide bonds. The lowest BCUT2D eigenvalue weighted by atomic mass is 9.97. The van der Waals surface area contributed by atoms with Crippen molar-refractivity contribution in [2.75, 3.05) is 0 Å². The van der Waals surface area contributed by atoms with Gasteiger partial charge in [-0.05, 0) is 54.4 Å². The number of carboxylic acids is 2. The number of rotatable bonds is 12. The third-order valence-corrected chi connectivity index (χ3v) is 7.82. The lowest BCUT2D eigenvalue weighted by Crippen LogP contribution is -2.39. The molecule has 10 nitrogen and oxygen atoms in total. The van der Waals surface area contributed by atoms with Crippen molar-refractivity contribution < 1.29 is 36.6 Å². The van der Waals surface area contributed by atoms with Gasteiger partial charge in [0.25, 0.3) is 0 Å². The van der Waals surface area contributed by atoms with E-state index in [-0.39, 0.29) is 12.8 Å². The number of sulfonamides is 2. The zero-order valence-electron chi connectivity index (χ0n) is 16.9. The second-order valence-electron chi connectivity index (χ2n) is 7.20. The van der Waals surface area contributed by atoms with E-state index in [1.54, 1.807) is 0 Å². The fourth-order valence-electron chi connectivity index (χ4n) is 2.21. The molecule has 0 aromatic heterocycles. The van der Waals surface area contributed by atoms with Crippen molar-refractivity contribution in [3.63, 3.8) is 0 Å². The zero-order chi connectivity index (χ0) is 22.4. The van der Waals surface area contributed by atoms with E-state index in [1.165, 1.54) is 41.5 Å². The summed E-state index contributed by atoms with van der Waals surface area (Å²) in [6.07, 6.45) is -0.737. The average molecular weight is 443 g/mol. The van der Waals surface area contributed by atoms with Gasteiger partial charge < -0.3 is 10.2 Å². The smallest absolute Gasteiger partial charge is 0.332 e. The largest absolute Gasteiger partial charge is 0.478 e.